The molecule has 2 rings (SSSR count). The number of halogens is 1. The molecule has 7 nitrogen and oxygen atoms in total. The second kappa shape index (κ2) is 10.3. The number of para-hydroxylation sites is 1. The number of likely N-dealkylation sites (N-methyl/N-ethyl adjacent to an activating group) is 1. The molecule has 0 saturated carbocycles. The number of nitrogens with one attached hydrogen (secondary N) is 3. The topological polar surface area (TPSA) is 90.5 Å². The lowest BCUT2D eigenvalue weighted by molar-refractivity contribution is -0.123. The van der Waals surface area contributed by atoms with Gasteiger partial charge >= 0.3 is 0 Å². The molecule has 8 heteroatoms. The van der Waals surface area contributed by atoms with Gasteiger partial charge < -0.3 is 16.0 Å². The Kier molecular flexibility index (Phi) is 7.85. The third-order valence-electron chi connectivity index (χ3n) is 4.30. The van der Waals surface area contributed by atoms with Gasteiger partial charge in [-0.05, 0) is 49.9 Å². The largest absolute Gasteiger partial charge is 0.326 e. The van der Waals surface area contributed by atoms with E-state index in [0.29, 0.717) is 17.9 Å². The molecular formula is C21H25FN4O3. The highest BCUT2D eigenvalue weighted by Gasteiger charge is 2.23. The van der Waals surface area contributed by atoms with Gasteiger partial charge in [0.2, 0.25) is 17.7 Å². The second-order valence-corrected chi connectivity index (χ2v) is 6.51. The van der Waals surface area contributed by atoms with E-state index in [1.165, 1.54) is 19.1 Å². The van der Waals surface area contributed by atoms with Gasteiger partial charge in [-0.25, -0.2) is 4.39 Å². The zero-order chi connectivity index (χ0) is 21.4. The minimum atomic E-state index is -0.632. The zero-order valence-corrected chi connectivity index (χ0v) is 16.7. The third kappa shape index (κ3) is 6.69. The predicted molar refractivity (Wildman–Crippen MR) is 111 cm³/mol. The number of carbonyl (C=O) groups is 3. The number of carbonyl (C=O) groups excluding carboxylic acids is 3. The van der Waals surface area contributed by atoms with E-state index in [-0.39, 0.29) is 24.0 Å². The molecule has 0 fully saturated rings. The molecule has 3 N–H and O–H groups in total. The zero-order valence-electron chi connectivity index (χ0n) is 16.7. The van der Waals surface area contributed by atoms with Gasteiger partial charge in [0.05, 0.1) is 18.3 Å². The van der Waals surface area contributed by atoms with Crippen molar-refractivity contribution in [2.24, 2.45) is 0 Å². The molecule has 2 aromatic carbocycles. The third-order valence-corrected chi connectivity index (χ3v) is 4.30. The maximum atomic E-state index is 13.7. The van der Waals surface area contributed by atoms with Gasteiger partial charge in [-0.1, -0.05) is 19.1 Å². The first-order chi connectivity index (χ1) is 13.8. The Labute approximate surface area is 169 Å². The molecule has 0 aliphatic carbocycles. The van der Waals surface area contributed by atoms with E-state index < -0.39 is 17.8 Å². The first-order valence-electron chi connectivity index (χ1n) is 9.27. The van der Waals surface area contributed by atoms with Gasteiger partial charge in [-0.15, -0.1) is 0 Å². The second-order valence-electron chi connectivity index (χ2n) is 6.51. The van der Waals surface area contributed by atoms with Crippen LogP contribution in [0.4, 0.5) is 21.5 Å². The molecule has 0 aromatic heterocycles. The Balaban J connectivity index is 1.93. The van der Waals surface area contributed by atoms with Crippen molar-refractivity contribution in [2.45, 2.75) is 26.8 Å². The number of hydrogen-bond donors (Lipinski definition) is 3. The summed E-state index contributed by atoms with van der Waals surface area (Å²) in [6, 6.07) is 12.0. The Bertz CT molecular complexity index is 870. The van der Waals surface area contributed by atoms with Crippen LogP contribution in [0.2, 0.25) is 0 Å². The van der Waals surface area contributed by atoms with E-state index in [9.17, 15) is 18.8 Å². The van der Waals surface area contributed by atoms with Crippen LogP contribution in [-0.2, 0) is 14.4 Å². The lowest BCUT2D eigenvalue weighted by Crippen LogP contribution is -2.45. The van der Waals surface area contributed by atoms with E-state index >= 15 is 0 Å². The molecule has 0 aliphatic rings. The molecule has 0 saturated heterocycles. The van der Waals surface area contributed by atoms with Crippen molar-refractivity contribution in [3.8, 4) is 0 Å². The van der Waals surface area contributed by atoms with Crippen LogP contribution in [0.25, 0.3) is 0 Å². The van der Waals surface area contributed by atoms with Crippen LogP contribution in [0.5, 0.6) is 0 Å². The number of amides is 3. The molecule has 0 radical (unpaired) electrons. The number of benzene rings is 2. The maximum Gasteiger partial charge on any atom is 0.241 e. The van der Waals surface area contributed by atoms with Crippen LogP contribution in [0.1, 0.15) is 20.8 Å². The lowest BCUT2D eigenvalue weighted by atomic mass is 10.2. The Morgan fingerprint density at radius 1 is 0.966 bits per heavy atom. The van der Waals surface area contributed by atoms with E-state index in [4.69, 9.17) is 0 Å². The van der Waals surface area contributed by atoms with Crippen molar-refractivity contribution >= 4 is 34.8 Å². The van der Waals surface area contributed by atoms with Gasteiger partial charge in [0.1, 0.15) is 5.82 Å². The monoisotopic (exact) mass is 400 g/mol. The van der Waals surface area contributed by atoms with Crippen molar-refractivity contribution in [1.82, 2.24) is 4.90 Å². The predicted octanol–water partition coefficient (Wildman–Crippen LogP) is 3.07. The van der Waals surface area contributed by atoms with Crippen LogP contribution in [0.15, 0.2) is 48.5 Å². The van der Waals surface area contributed by atoms with Crippen molar-refractivity contribution < 1.29 is 18.8 Å². The highest BCUT2D eigenvalue weighted by Crippen LogP contribution is 2.15. The van der Waals surface area contributed by atoms with E-state index in [0.717, 1.165) is 0 Å². The summed E-state index contributed by atoms with van der Waals surface area (Å²) in [6.07, 6.45) is 0. The maximum absolute atomic E-state index is 13.7. The molecule has 0 heterocycles. The summed E-state index contributed by atoms with van der Waals surface area (Å²) in [5, 5.41) is 7.95. The van der Waals surface area contributed by atoms with Crippen LogP contribution in [-0.4, -0.2) is 41.8 Å². The lowest BCUT2D eigenvalue weighted by Gasteiger charge is -2.26. The van der Waals surface area contributed by atoms with Crippen molar-refractivity contribution in [1.29, 1.82) is 0 Å². The first-order valence-corrected chi connectivity index (χ1v) is 9.27. The minimum absolute atomic E-state index is 0.00416. The average molecular weight is 400 g/mol. The van der Waals surface area contributed by atoms with E-state index in [2.05, 4.69) is 16.0 Å². The molecule has 3 amide bonds. The van der Waals surface area contributed by atoms with Crippen LogP contribution >= 0.6 is 0 Å². The van der Waals surface area contributed by atoms with Crippen LogP contribution < -0.4 is 16.0 Å². The van der Waals surface area contributed by atoms with Crippen molar-refractivity contribution in [2.75, 3.05) is 29.0 Å². The molecule has 0 bridgehead atoms. The highest BCUT2D eigenvalue weighted by atomic mass is 19.1. The molecule has 1 unspecified atom stereocenters. The van der Waals surface area contributed by atoms with E-state index in [1.54, 1.807) is 48.2 Å². The number of nitrogens with zero attached hydrogens (tertiary/aromatic N) is 1. The minimum Gasteiger partial charge on any atom is -0.326 e. The molecule has 0 aliphatic heterocycles. The van der Waals surface area contributed by atoms with Gasteiger partial charge in [-0.2, -0.15) is 0 Å². The van der Waals surface area contributed by atoms with Gasteiger partial charge in [-0.3, -0.25) is 19.3 Å². The SMILES string of the molecule is CCN(CC(=O)Nc1ccc(NC(C)=O)cc1)C(C)C(=O)Nc1ccccc1F. The Morgan fingerprint density at radius 2 is 1.55 bits per heavy atom. The van der Waals surface area contributed by atoms with Crippen LogP contribution in [0, 0.1) is 5.82 Å². The summed E-state index contributed by atoms with van der Waals surface area (Å²) < 4.78 is 13.7. The summed E-state index contributed by atoms with van der Waals surface area (Å²) in [5.41, 5.74) is 1.30. The summed E-state index contributed by atoms with van der Waals surface area (Å²) in [4.78, 5) is 37.5. The Morgan fingerprint density at radius 3 is 2.10 bits per heavy atom. The molecule has 29 heavy (non-hydrogen) atoms. The quantitative estimate of drug-likeness (QED) is 0.635. The molecule has 0 spiro atoms. The smallest absolute Gasteiger partial charge is 0.241 e. The van der Waals surface area contributed by atoms with Gasteiger partial charge in [0, 0.05) is 18.3 Å². The molecule has 2 aromatic rings. The fourth-order valence-electron chi connectivity index (χ4n) is 2.71. The Hall–Kier alpha value is -3.26. The summed E-state index contributed by atoms with van der Waals surface area (Å²) in [7, 11) is 0. The van der Waals surface area contributed by atoms with Gasteiger partial charge in [0.15, 0.2) is 0 Å². The average Bonchev–Trinajstić information content (AvgIpc) is 2.68. The van der Waals surface area contributed by atoms with E-state index in [1.807, 2.05) is 6.92 Å². The standard InChI is InChI=1S/C21H25FN4O3/c1-4-26(14(2)21(29)25-19-8-6-5-7-18(19)22)13-20(28)24-17-11-9-16(10-12-17)23-15(3)27/h5-12,14H,4,13H2,1-3H3,(H,23,27)(H,24,28)(H,25,29). The normalized spacial score (nSPS) is 11.6. The van der Waals surface area contributed by atoms with Crippen LogP contribution in [0.3, 0.4) is 0 Å². The number of rotatable bonds is 8. The first kappa shape index (κ1) is 22.0. The number of hydrogen-bond acceptors (Lipinski definition) is 4. The number of anilines is 3. The summed E-state index contributed by atoms with van der Waals surface area (Å²) in [6.45, 7) is 5.37. The fraction of sp³-hybridized carbons (Fsp3) is 0.286. The molecule has 154 valence electrons. The highest BCUT2D eigenvalue weighted by molar-refractivity contribution is 5.96. The molecule has 1 atom stereocenters. The molecular weight excluding hydrogens is 375 g/mol. The summed E-state index contributed by atoms with van der Waals surface area (Å²) >= 11 is 0. The fourth-order valence-corrected chi connectivity index (χ4v) is 2.71. The van der Waals surface area contributed by atoms with Crippen molar-refractivity contribution in [3.63, 3.8) is 0 Å². The summed E-state index contributed by atoms with van der Waals surface area (Å²) in [5.74, 6) is -1.38. The van der Waals surface area contributed by atoms with Gasteiger partial charge in [0.25, 0.3) is 0 Å². The van der Waals surface area contributed by atoms with Crippen molar-refractivity contribution in [3.05, 3.63) is 54.3 Å².